The fourth-order valence-corrected chi connectivity index (χ4v) is 24.0. The second-order valence-electron chi connectivity index (χ2n) is 31.8. The number of sulfonamides is 4. The zero-order chi connectivity index (χ0) is 81.9. The summed E-state index contributed by atoms with van der Waals surface area (Å²) in [5, 5.41) is 18.2. The summed E-state index contributed by atoms with van der Waals surface area (Å²) in [6.07, 6.45) is 22.9. The van der Waals surface area contributed by atoms with Gasteiger partial charge in [0.05, 0.1) is 75.1 Å². The van der Waals surface area contributed by atoms with Gasteiger partial charge in [-0.15, -0.1) is 45.3 Å². The summed E-state index contributed by atoms with van der Waals surface area (Å²) in [6.45, 7) is 9.50. The molecule has 4 fully saturated rings. The summed E-state index contributed by atoms with van der Waals surface area (Å²) in [5.74, 6) is 5.94. The lowest BCUT2D eigenvalue weighted by molar-refractivity contribution is 0.323. The van der Waals surface area contributed by atoms with Gasteiger partial charge in [0, 0.05) is 118 Å². The molecule has 34 heteroatoms. The van der Waals surface area contributed by atoms with Gasteiger partial charge in [0.2, 0.25) is 40.1 Å². The highest BCUT2D eigenvalue weighted by atomic mass is 32.2. The van der Waals surface area contributed by atoms with Crippen LogP contribution in [0.1, 0.15) is 133 Å². The van der Waals surface area contributed by atoms with Gasteiger partial charge in [-0.25, -0.2) is 72.5 Å². The molecule has 17 rings (SSSR count). The number of ether oxygens (including phenoxy) is 5. The number of nitrogens with one attached hydrogen (secondary N) is 8. The van der Waals surface area contributed by atoms with E-state index in [2.05, 4.69) is 83.5 Å². The summed E-state index contributed by atoms with van der Waals surface area (Å²) < 4.78 is 133. The molecule has 8 heterocycles. The van der Waals surface area contributed by atoms with Gasteiger partial charge in [0.15, 0.2) is 20.5 Å². The fraction of sp³-hybridized carbons (Fsp3) is 0.500. The van der Waals surface area contributed by atoms with Crippen LogP contribution in [0.25, 0.3) is 45.0 Å². The van der Waals surface area contributed by atoms with Crippen molar-refractivity contribution >= 4 is 106 Å². The lowest BCUT2D eigenvalue weighted by atomic mass is 9.86. The molecule has 4 saturated carbocycles. The van der Waals surface area contributed by atoms with Gasteiger partial charge in [0.1, 0.15) is 33.6 Å². The van der Waals surface area contributed by atoms with Crippen molar-refractivity contribution in [2.24, 2.45) is 23.7 Å². The molecule has 9 aromatic rings. The summed E-state index contributed by atoms with van der Waals surface area (Å²) >= 11 is 6.88. The molecule has 8 aliphatic rings. The molecule has 4 aliphatic carbocycles. The number of hydrogen-bond acceptors (Lipinski definition) is 25. The number of benzene rings is 5. The van der Waals surface area contributed by atoms with E-state index in [9.17, 15) is 33.7 Å². The molecular weight excluding hydrogens is 1660 g/mol. The van der Waals surface area contributed by atoms with E-state index in [4.69, 9.17) is 43.6 Å². The average molecular weight is 1770 g/mol. The molecule has 638 valence electrons. The lowest BCUT2D eigenvalue weighted by Gasteiger charge is -2.29. The molecule has 4 aliphatic heterocycles. The van der Waals surface area contributed by atoms with Crippen molar-refractivity contribution in [3.05, 3.63) is 140 Å². The van der Waals surface area contributed by atoms with Crippen LogP contribution < -0.4 is 63.8 Å². The number of aryl methyl sites for hydroxylation is 2. The monoisotopic (exact) mass is 1770 g/mol. The van der Waals surface area contributed by atoms with Crippen molar-refractivity contribution in [2.75, 3.05) is 99.8 Å². The fourth-order valence-electron chi connectivity index (χ4n) is 16.5. The van der Waals surface area contributed by atoms with E-state index in [0.29, 0.717) is 81.0 Å². The largest absolute Gasteiger partial charge is 0.495 e. The molecule has 0 radical (unpaired) electrons. The number of para-hydroxylation sites is 4. The molecule has 0 amide bonds. The van der Waals surface area contributed by atoms with Gasteiger partial charge in [-0.1, -0.05) is 54.6 Å². The van der Waals surface area contributed by atoms with Crippen molar-refractivity contribution in [3.63, 3.8) is 0 Å². The Hall–Kier alpha value is -7.58. The topological polar surface area (TPSA) is 362 Å². The first-order chi connectivity index (χ1) is 56.3. The van der Waals surface area contributed by atoms with Gasteiger partial charge in [-0.05, 0) is 206 Å². The first kappa shape index (κ1) is 88.2. The van der Waals surface area contributed by atoms with Gasteiger partial charge in [-0.2, -0.15) is 0 Å². The van der Waals surface area contributed by atoms with Crippen molar-refractivity contribution in [2.45, 2.75) is 171 Å². The summed E-state index contributed by atoms with van der Waals surface area (Å²) in [6, 6.07) is 36.5. The van der Waals surface area contributed by atoms with E-state index >= 15 is 0 Å². The summed E-state index contributed by atoms with van der Waals surface area (Å²) in [5.41, 5.74) is 10.5. The number of methoxy groups -OCH3 is 1. The minimum Gasteiger partial charge on any atom is -0.495 e. The Labute approximate surface area is 710 Å². The minimum absolute atomic E-state index is 0. The molecule has 26 nitrogen and oxygen atoms in total. The van der Waals surface area contributed by atoms with Crippen LogP contribution >= 0.6 is 45.3 Å². The molecule has 0 bridgehead atoms. The SMILES string of the molecule is COc1ccc(C)cc1S(=O)(=O)NC1CCC(CNc2nc3c(s2)CCOc2ccccc2-3)CC1.CS(=O)(=O)NC1CCC(CNc2nc3c(s2)CCOc2ccccc2-3)CC1.CS(=O)(=O)NCC1CCC(Nc2nc3c(s2)CCOc2ccccc2-3)CC1.Cc1cccc2c1OCCc1sc(NC3CCC(CNS(C)(=O)=O)CC3)nc1-2.O. The van der Waals surface area contributed by atoms with Crippen LogP contribution in [0.2, 0.25) is 0 Å². The Morgan fingerprint density at radius 1 is 0.398 bits per heavy atom. The molecule has 0 unspecified atom stereocenters. The van der Waals surface area contributed by atoms with Crippen LogP contribution in [-0.2, 0) is 65.8 Å². The Morgan fingerprint density at radius 3 is 1.16 bits per heavy atom. The smallest absolute Gasteiger partial charge is 0.244 e. The predicted molar refractivity (Wildman–Crippen MR) is 474 cm³/mol. The molecule has 0 saturated heterocycles. The maximum Gasteiger partial charge on any atom is 0.244 e. The third-order valence-electron chi connectivity index (χ3n) is 22.7. The molecule has 118 heavy (non-hydrogen) atoms. The van der Waals surface area contributed by atoms with Gasteiger partial charge < -0.3 is 50.4 Å². The van der Waals surface area contributed by atoms with Crippen molar-refractivity contribution in [3.8, 4) is 73.8 Å². The third kappa shape index (κ3) is 24.0. The first-order valence-corrected chi connectivity index (χ1v) is 51.1. The first-order valence-electron chi connectivity index (χ1n) is 40.7. The number of rotatable bonds is 22. The van der Waals surface area contributed by atoms with Crippen molar-refractivity contribution in [1.29, 1.82) is 0 Å². The second kappa shape index (κ2) is 40.0. The van der Waals surface area contributed by atoms with Crippen molar-refractivity contribution < 1.29 is 62.8 Å². The highest BCUT2D eigenvalue weighted by molar-refractivity contribution is 7.90. The Bertz CT molecular complexity index is 5360. The van der Waals surface area contributed by atoms with E-state index in [-0.39, 0.29) is 22.5 Å². The van der Waals surface area contributed by atoms with Gasteiger partial charge >= 0.3 is 0 Å². The van der Waals surface area contributed by atoms with Crippen molar-refractivity contribution in [1.82, 2.24) is 38.8 Å². The van der Waals surface area contributed by atoms with Crippen LogP contribution in [0.15, 0.2) is 114 Å². The van der Waals surface area contributed by atoms with E-state index in [0.717, 1.165) is 241 Å². The number of anilines is 4. The lowest BCUT2D eigenvalue weighted by Crippen LogP contribution is -2.38. The quantitative estimate of drug-likeness (QED) is 0.0312. The zero-order valence-electron chi connectivity index (χ0n) is 67.7. The van der Waals surface area contributed by atoms with E-state index in [1.165, 1.54) is 45.4 Å². The number of hydrogen-bond donors (Lipinski definition) is 8. The van der Waals surface area contributed by atoms with Crippen LogP contribution in [0.3, 0.4) is 0 Å². The Morgan fingerprint density at radius 2 is 0.754 bits per heavy atom. The number of nitrogens with zero attached hydrogens (tertiary/aromatic N) is 4. The van der Waals surface area contributed by atoms with Crippen LogP contribution in [0.4, 0.5) is 20.5 Å². The Balaban J connectivity index is 0.000000137. The average Bonchev–Trinajstić information content (AvgIpc) is 1.81. The summed E-state index contributed by atoms with van der Waals surface area (Å²) in [7, 11) is -11.5. The van der Waals surface area contributed by atoms with Gasteiger partial charge in [0.25, 0.3) is 0 Å². The molecule has 5 aromatic carbocycles. The highest BCUT2D eigenvalue weighted by Gasteiger charge is 2.33. The van der Waals surface area contributed by atoms with E-state index < -0.39 is 40.1 Å². The third-order valence-corrected chi connectivity index (χ3v) is 30.6. The molecular formula is C84H110N12O14S8. The standard InChI is InChI=1S/C26H31N3O4S2.C20H27N3O3S2.2C19H25N3O3S2.H2O/c1-17-7-12-22(32-2)24(15-17)35(30,31)29-19-10-8-18(9-11-19)16-27-26-28-25-20-5-3-4-6-21(20)33-14-13-23(25)34-26;1-13-4-3-5-16-18-17(10-11-26-19(13)16)27-20(23-18)22-15-8-6-14(7-9-15)12-21-28(2,24)25;1-27(23,24)20-12-13-6-8-14(9-7-13)21-19-22-18-15-4-2-3-5-16(15)25-11-10-17(18)26-19;1-27(23,24)22-14-8-6-13(7-9-14)12-20-19-21-18-15-4-2-3-5-16(15)25-11-10-17(18)26-19;/h3-7,12,15,18-19,29H,8-11,13-14,16H2,1-2H3,(H,27,28);3-5,14-15,21H,6-12H2,1-2H3,(H,22,23);2-5,13-14,20H,6-12H2,1H3,(H,21,22);2-5,13-14,22H,6-12H2,1H3,(H,20,21);1H2. The maximum atomic E-state index is 13.0. The number of thiazole rings is 4. The number of fused-ring (bicyclic) bond motifs is 12. The van der Waals surface area contributed by atoms with Gasteiger partial charge in [-0.3, -0.25) is 0 Å². The molecule has 0 atom stereocenters. The second-order valence-corrected chi connectivity index (χ2v) is 43.3. The van der Waals surface area contributed by atoms with E-state index in [1.807, 2.05) is 67.6 Å². The minimum atomic E-state index is -3.64. The predicted octanol–water partition coefficient (Wildman–Crippen LogP) is 14.3. The number of aromatic nitrogens is 4. The van der Waals surface area contributed by atoms with E-state index in [1.54, 1.807) is 57.5 Å². The summed E-state index contributed by atoms with van der Waals surface area (Å²) in [4.78, 5) is 24.8. The normalized spacial score (nSPS) is 21.2. The molecule has 10 N–H and O–H groups in total. The van der Waals surface area contributed by atoms with Crippen LogP contribution in [-0.4, -0.2) is 162 Å². The highest BCUT2D eigenvalue weighted by Crippen LogP contribution is 2.45. The zero-order valence-corrected chi connectivity index (χ0v) is 74.2. The maximum absolute atomic E-state index is 13.0. The van der Waals surface area contributed by atoms with Crippen LogP contribution in [0.5, 0.6) is 28.7 Å². The Kier molecular flexibility index (Phi) is 29.9. The molecule has 4 aromatic heterocycles. The molecule has 0 spiro atoms. The van der Waals surface area contributed by atoms with Crippen LogP contribution in [0, 0.1) is 37.5 Å².